The second-order valence-corrected chi connectivity index (χ2v) is 6.60. The van der Waals surface area contributed by atoms with Gasteiger partial charge in [0.15, 0.2) is 0 Å². The maximum atomic E-state index is 11.2. The van der Waals surface area contributed by atoms with E-state index >= 15 is 0 Å². The van der Waals surface area contributed by atoms with Crippen molar-refractivity contribution in [3.8, 4) is 0 Å². The predicted molar refractivity (Wildman–Crippen MR) is 80.8 cm³/mol. The molecule has 3 heterocycles. The first-order valence-corrected chi connectivity index (χ1v) is 7.68. The van der Waals surface area contributed by atoms with Gasteiger partial charge in [0.2, 0.25) is 5.82 Å². The van der Waals surface area contributed by atoms with Gasteiger partial charge in [0.05, 0.1) is 6.04 Å². The Hall–Kier alpha value is -1.93. The number of nitro groups is 1. The molecule has 104 valence electrons. The van der Waals surface area contributed by atoms with Crippen molar-refractivity contribution in [3.05, 3.63) is 43.6 Å². The van der Waals surface area contributed by atoms with Crippen LogP contribution < -0.4 is 5.32 Å². The van der Waals surface area contributed by atoms with Crippen LogP contribution in [0.15, 0.2) is 23.7 Å². The monoisotopic (exact) mass is 308 g/mol. The summed E-state index contributed by atoms with van der Waals surface area (Å²) in [5.74, 6) is 0.307. The standard InChI is InChI=1S/C12H12N4O2S2/c1-7-3-4-9(20-7)8(2)13-10-11(16(17)18)15-5-6-19-12(15)14-10/h3-6,8,13H,1-2H3. The normalized spacial score (nSPS) is 12.7. The zero-order chi connectivity index (χ0) is 14.3. The molecule has 0 aliphatic rings. The van der Waals surface area contributed by atoms with Crippen molar-refractivity contribution in [3.63, 3.8) is 0 Å². The molecule has 3 aromatic heterocycles. The quantitative estimate of drug-likeness (QED) is 0.587. The molecule has 8 heteroatoms. The van der Waals surface area contributed by atoms with Gasteiger partial charge in [-0.2, -0.15) is 9.38 Å². The van der Waals surface area contributed by atoms with E-state index in [0.29, 0.717) is 10.8 Å². The summed E-state index contributed by atoms with van der Waals surface area (Å²) < 4.78 is 1.50. The predicted octanol–water partition coefficient (Wildman–Crippen LogP) is 3.85. The van der Waals surface area contributed by atoms with E-state index in [0.717, 1.165) is 4.88 Å². The number of thiazole rings is 1. The first kappa shape index (κ1) is 13.1. The third-order valence-electron chi connectivity index (χ3n) is 2.95. The van der Waals surface area contributed by atoms with E-state index in [1.54, 1.807) is 22.9 Å². The number of fused-ring (bicyclic) bond motifs is 1. The average Bonchev–Trinajstić information content (AvgIpc) is 3.03. The van der Waals surface area contributed by atoms with Crippen molar-refractivity contribution in [2.45, 2.75) is 19.9 Å². The molecule has 0 amide bonds. The van der Waals surface area contributed by atoms with Crippen LogP contribution in [0.1, 0.15) is 22.7 Å². The molecule has 0 saturated heterocycles. The molecule has 0 aliphatic carbocycles. The number of hydrogen-bond donors (Lipinski definition) is 1. The van der Waals surface area contributed by atoms with Crippen LogP contribution in [0.4, 0.5) is 11.6 Å². The molecule has 0 spiro atoms. The maximum Gasteiger partial charge on any atom is 0.372 e. The van der Waals surface area contributed by atoms with Gasteiger partial charge < -0.3 is 15.4 Å². The highest BCUT2D eigenvalue weighted by Crippen LogP contribution is 2.32. The van der Waals surface area contributed by atoms with Crippen LogP contribution in [0.2, 0.25) is 0 Å². The van der Waals surface area contributed by atoms with Gasteiger partial charge in [-0.1, -0.05) is 11.3 Å². The van der Waals surface area contributed by atoms with E-state index in [-0.39, 0.29) is 11.9 Å². The Morgan fingerprint density at radius 3 is 2.95 bits per heavy atom. The third kappa shape index (κ3) is 2.16. The van der Waals surface area contributed by atoms with Gasteiger partial charge in [-0.05, 0) is 30.9 Å². The van der Waals surface area contributed by atoms with E-state index in [1.165, 1.54) is 20.6 Å². The SMILES string of the molecule is Cc1ccc(C(C)Nc2nc3sccn3c2[N+](=O)[O-])s1. The summed E-state index contributed by atoms with van der Waals surface area (Å²) >= 11 is 3.05. The lowest BCUT2D eigenvalue weighted by Gasteiger charge is -2.10. The summed E-state index contributed by atoms with van der Waals surface area (Å²) in [6.07, 6.45) is 1.66. The van der Waals surface area contributed by atoms with Crippen molar-refractivity contribution >= 4 is 39.3 Å². The van der Waals surface area contributed by atoms with E-state index in [2.05, 4.69) is 10.3 Å². The second kappa shape index (κ2) is 4.88. The number of rotatable bonds is 4. The zero-order valence-corrected chi connectivity index (χ0v) is 12.5. The molecule has 0 aliphatic heterocycles. The summed E-state index contributed by atoms with van der Waals surface area (Å²) in [6.45, 7) is 4.01. The van der Waals surface area contributed by atoms with Crippen LogP contribution in [0.25, 0.3) is 4.96 Å². The Morgan fingerprint density at radius 1 is 1.50 bits per heavy atom. The van der Waals surface area contributed by atoms with Crippen molar-refractivity contribution < 1.29 is 4.92 Å². The molecule has 0 bridgehead atoms. The lowest BCUT2D eigenvalue weighted by atomic mass is 10.3. The Balaban J connectivity index is 1.96. The number of imidazole rings is 1. The zero-order valence-electron chi connectivity index (χ0n) is 10.9. The number of nitrogens with one attached hydrogen (secondary N) is 1. The van der Waals surface area contributed by atoms with Crippen molar-refractivity contribution in [1.29, 1.82) is 0 Å². The highest BCUT2D eigenvalue weighted by atomic mass is 32.1. The number of aromatic nitrogens is 2. The van der Waals surface area contributed by atoms with E-state index in [1.807, 2.05) is 26.0 Å². The molecule has 3 rings (SSSR count). The minimum atomic E-state index is -0.401. The van der Waals surface area contributed by atoms with Crippen molar-refractivity contribution in [2.75, 3.05) is 5.32 Å². The van der Waals surface area contributed by atoms with Gasteiger partial charge in [-0.3, -0.25) is 0 Å². The van der Waals surface area contributed by atoms with Crippen molar-refractivity contribution in [2.24, 2.45) is 0 Å². The average molecular weight is 308 g/mol. The summed E-state index contributed by atoms with van der Waals surface area (Å²) in [5, 5.41) is 16.2. The van der Waals surface area contributed by atoms with Gasteiger partial charge in [-0.25, -0.2) is 0 Å². The Morgan fingerprint density at radius 2 is 2.30 bits per heavy atom. The Labute approximate surface area is 122 Å². The number of anilines is 1. The van der Waals surface area contributed by atoms with E-state index in [4.69, 9.17) is 0 Å². The minimum Gasteiger partial charge on any atom is -0.358 e. The summed E-state index contributed by atoms with van der Waals surface area (Å²) in [6, 6.07) is 4.05. The lowest BCUT2D eigenvalue weighted by molar-refractivity contribution is -0.389. The first-order chi connectivity index (χ1) is 9.56. The third-order valence-corrected chi connectivity index (χ3v) is 4.89. The molecule has 0 fully saturated rings. The Kier molecular flexibility index (Phi) is 3.19. The smallest absolute Gasteiger partial charge is 0.358 e. The van der Waals surface area contributed by atoms with Crippen molar-refractivity contribution in [1.82, 2.24) is 9.38 Å². The van der Waals surface area contributed by atoms with Crippen LogP contribution in [0, 0.1) is 17.0 Å². The molecule has 1 atom stereocenters. The summed E-state index contributed by atoms with van der Waals surface area (Å²) in [4.78, 5) is 18.1. The molecular formula is C12H12N4O2S2. The first-order valence-electron chi connectivity index (χ1n) is 5.99. The molecule has 20 heavy (non-hydrogen) atoms. The number of hydrogen-bond acceptors (Lipinski definition) is 6. The molecule has 0 aromatic carbocycles. The fraction of sp³-hybridized carbons (Fsp3) is 0.250. The summed E-state index contributed by atoms with van der Waals surface area (Å²) in [5.41, 5.74) is 0. The van der Waals surface area contributed by atoms with Crippen LogP contribution in [0.5, 0.6) is 0 Å². The topological polar surface area (TPSA) is 72.5 Å². The highest BCUT2D eigenvalue weighted by Gasteiger charge is 2.25. The van der Waals surface area contributed by atoms with E-state index < -0.39 is 4.92 Å². The van der Waals surface area contributed by atoms with Gasteiger partial charge in [-0.15, -0.1) is 11.3 Å². The maximum absolute atomic E-state index is 11.2. The van der Waals surface area contributed by atoms with Crippen LogP contribution in [0.3, 0.4) is 0 Å². The second-order valence-electron chi connectivity index (χ2n) is 4.41. The van der Waals surface area contributed by atoms with Gasteiger partial charge in [0, 0.05) is 15.1 Å². The summed E-state index contributed by atoms with van der Waals surface area (Å²) in [7, 11) is 0. The molecule has 1 N–H and O–H groups in total. The largest absolute Gasteiger partial charge is 0.372 e. The highest BCUT2D eigenvalue weighted by molar-refractivity contribution is 7.15. The lowest BCUT2D eigenvalue weighted by Crippen LogP contribution is -2.07. The molecular weight excluding hydrogens is 296 g/mol. The van der Waals surface area contributed by atoms with Gasteiger partial charge in [0.1, 0.15) is 6.20 Å². The molecule has 0 radical (unpaired) electrons. The van der Waals surface area contributed by atoms with E-state index in [9.17, 15) is 10.1 Å². The van der Waals surface area contributed by atoms with Crippen LogP contribution in [-0.2, 0) is 0 Å². The fourth-order valence-electron chi connectivity index (χ4n) is 2.01. The number of thiophene rings is 1. The van der Waals surface area contributed by atoms with Gasteiger partial charge in [0.25, 0.3) is 4.96 Å². The molecule has 1 unspecified atom stereocenters. The molecule has 0 saturated carbocycles. The molecule has 3 aromatic rings. The van der Waals surface area contributed by atoms with Crippen LogP contribution >= 0.6 is 22.7 Å². The van der Waals surface area contributed by atoms with Gasteiger partial charge >= 0.3 is 5.82 Å². The number of nitrogens with zero attached hydrogens (tertiary/aromatic N) is 3. The molecule has 6 nitrogen and oxygen atoms in total. The Bertz CT molecular complexity index is 773. The minimum absolute atomic E-state index is 0.0126. The fourth-order valence-corrected chi connectivity index (χ4v) is 3.60. The van der Waals surface area contributed by atoms with Crippen LogP contribution in [-0.4, -0.2) is 14.3 Å². The number of aryl methyl sites for hydroxylation is 1.